The fraction of sp³-hybridized carbons (Fsp3) is 1.00. The first-order valence-electron chi connectivity index (χ1n) is 6.64. The van der Waals surface area contributed by atoms with Crippen molar-refractivity contribution < 1.29 is 18.3 Å². The molecule has 2 atom stereocenters. The highest BCUT2D eigenvalue weighted by Gasteiger charge is 2.27. The molecule has 0 bridgehead atoms. The first kappa shape index (κ1) is 15.9. The SMILES string of the molecule is CC(C)OCCS(=O)(=O)NCC1CCCC1CO. The van der Waals surface area contributed by atoms with Crippen molar-refractivity contribution in [1.82, 2.24) is 4.72 Å². The molecule has 0 amide bonds. The number of aliphatic hydroxyl groups excluding tert-OH is 1. The van der Waals surface area contributed by atoms with Gasteiger partial charge in [-0.1, -0.05) is 6.42 Å². The van der Waals surface area contributed by atoms with Gasteiger partial charge in [0, 0.05) is 13.2 Å². The Hall–Kier alpha value is -0.170. The van der Waals surface area contributed by atoms with Crippen molar-refractivity contribution in [1.29, 1.82) is 0 Å². The van der Waals surface area contributed by atoms with Gasteiger partial charge in [0.1, 0.15) is 0 Å². The van der Waals surface area contributed by atoms with Crippen molar-refractivity contribution in [2.24, 2.45) is 11.8 Å². The van der Waals surface area contributed by atoms with E-state index in [9.17, 15) is 13.5 Å². The zero-order chi connectivity index (χ0) is 13.6. The van der Waals surface area contributed by atoms with Gasteiger partial charge >= 0.3 is 0 Å². The molecule has 5 nitrogen and oxygen atoms in total. The van der Waals surface area contributed by atoms with Gasteiger partial charge in [0.25, 0.3) is 0 Å². The number of nitrogens with one attached hydrogen (secondary N) is 1. The molecule has 1 aliphatic rings. The lowest BCUT2D eigenvalue weighted by Crippen LogP contribution is -2.34. The summed E-state index contributed by atoms with van der Waals surface area (Å²) in [6.45, 7) is 4.58. The molecule has 0 aromatic carbocycles. The van der Waals surface area contributed by atoms with E-state index >= 15 is 0 Å². The third kappa shape index (κ3) is 5.65. The fourth-order valence-corrected chi connectivity index (χ4v) is 3.25. The van der Waals surface area contributed by atoms with Crippen molar-refractivity contribution in [2.45, 2.75) is 39.2 Å². The number of hydrogen-bond donors (Lipinski definition) is 2. The van der Waals surface area contributed by atoms with Crippen LogP contribution in [-0.2, 0) is 14.8 Å². The highest BCUT2D eigenvalue weighted by Crippen LogP contribution is 2.30. The fourth-order valence-electron chi connectivity index (χ4n) is 2.32. The van der Waals surface area contributed by atoms with Crippen molar-refractivity contribution in [2.75, 3.05) is 25.5 Å². The Kier molecular flexibility index (Phi) is 6.55. The summed E-state index contributed by atoms with van der Waals surface area (Å²) in [5.41, 5.74) is 0. The van der Waals surface area contributed by atoms with Gasteiger partial charge in [0.15, 0.2) is 0 Å². The van der Waals surface area contributed by atoms with Gasteiger partial charge in [0.05, 0.1) is 18.5 Å². The van der Waals surface area contributed by atoms with E-state index in [1.54, 1.807) is 0 Å². The molecule has 0 spiro atoms. The van der Waals surface area contributed by atoms with Gasteiger partial charge in [-0.3, -0.25) is 0 Å². The van der Waals surface area contributed by atoms with Crippen LogP contribution >= 0.6 is 0 Å². The Labute approximate surface area is 110 Å². The van der Waals surface area contributed by atoms with Crippen molar-refractivity contribution in [3.05, 3.63) is 0 Å². The predicted molar refractivity (Wildman–Crippen MR) is 70.8 cm³/mol. The third-order valence-corrected chi connectivity index (χ3v) is 4.73. The van der Waals surface area contributed by atoms with Crippen LogP contribution in [0.2, 0.25) is 0 Å². The number of aliphatic hydroxyl groups is 1. The normalized spacial score (nSPS) is 24.9. The average molecular weight is 279 g/mol. The minimum Gasteiger partial charge on any atom is -0.396 e. The van der Waals surface area contributed by atoms with Gasteiger partial charge in [-0.15, -0.1) is 0 Å². The molecule has 0 radical (unpaired) electrons. The Morgan fingerprint density at radius 3 is 2.61 bits per heavy atom. The van der Waals surface area contributed by atoms with E-state index in [1.165, 1.54) is 0 Å². The van der Waals surface area contributed by atoms with Crippen LogP contribution in [0.5, 0.6) is 0 Å². The van der Waals surface area contributed by atoms with Crippen LogP contribution in [0.25, 0.3) is 0 Å². The van der Waals surface area contributed by atoms with Crippen molar-refractivity contribution in [3.63, 3.8) is 0 Å². The molecule has 2 unspecified atom stereocenters. The van der Waals surface area contributed by atoms with Crippen molar-refractivity contribution >= 4 is 10.0 Å². The summed E-state index contributed by atoms with van der Waals surface area (Å²) in [5, 5.41) is 9.17. The van der Waals surface area contributed by atoms with E-state index in [4.69, 9.17) is 4.74 Å². The summed E-state index contributed by atoms with van der Waals surface area (Å²) in [4.78, 5) is 0. The van der Waals surface area contributed by atoms with Crippen LogP contribution in [-0.4, -0.2) is 45.1 Å². The molecule has 18 heavy (non-hydrogen) atoms. The molecule has 0 aliphatic heterocycles. The Bertz CT molecular complexity index is 329. The largest absolute Gasteiger partial charge is 0.396 e. The highest BCUT2D eigenvalue weighted by molar-refractivity contribution is 7.89. The molecule has 1 rings (SSSR count). The summed E-state index contributed by atoms with van der Waals surface area (Å²) >= 11 is 0. The maximum Gasteiger partial charge on any atom is 0.213 e. The predicted octanol–water partition coefficient (Wildman–Crippen LogP) is 0.739. The highest BCUT2D eigenvalue weighted by atomic mass is 32.2. The molecule has 2 N–H and O–H groups in total. The molecular weight excluding hydrogens is 254 g/mol. The lowest BCUT2D eigenvalue weighted by atomic mass is 9.97. The molecule has 108 valence electrons. The van der Waals surface area contributed by atoms with Gasteiger partial charge in [-0.2, -0.15) is 0 Å². The average Bonchev–Trinajstić information content (AvgIpc) is 2.73. The number of sulfonamides is 1. The van der Waals surface area contributed by atoms with E-state index in [1.807, 2.05) is 13.8 Å². The van der Waals surface area contributed by atoms with Crippen molar-refractivity contribution in [3.8, 4) is 0 Å². The molecule has 0 heterocycles. The second-order valence-corrected chi connectivity index (χ2v) is 7.15. The number of hydrogen-bond acceptors (Lipinski definition) is 4. The van der Waals surface area contributed by atoms with E-state index in [-0.39, 0.29) is 36.9 Å². The topological polar surface area (TPSA) is 75.6 Å². The summed E-state index contributed by atoms with van der Waals surface area (Å²) in [7, 11) is -3.25. The molecule has 6 heteroatoms. The Balaban J connectivity index is 2.28. The van der Waals surface area contributed by atoms with E-state index in [2.05, 4.69) is 4.72 Å². The van der Waals surface area contributed by atoms with Crippen LogP contribution < -0.4 is 4.72 Å². The minimum atomic E-state index is -3.25. The quantitative estimate of drug-likeness (QED) is 0.687. The zero-order valence-electron chi connectivity index (χ0n) is 11.3. The maximum atomic E-state index is 11.7. The maximum absolute atomic E-state index is 11.7. The summed E-state index contributed by atoms with van der Waals surface area (Å²) in [6, 6.07) is 0. The number of rotatable bonds is 8. The van der Waals surface area contributed by atoms with Gasteiger partial charge in [0.2, 0.25) is 10.0 Å². The zero-order valence-corrected chi connectivity index (χ0v) is 12.1. The summed E-state index contributed by atoms with van der Waals surface area (Å²) in [5.74, 6) is 0.525. The monoisotopic (exact) mass is 279 g/mol. The van der Waals surface area contributed by atoms with E-state index in [0.29, 0.717) is 6.54 Å². The van der Waals surface area contributed by atoms with Gasteiger partial charge in [-0.25, -0.2) is 13.1 Å². The first-order valence-corrected chi connectivity index (χ1v) is 8.29. The molecule has 0 saturated heterocycles. The Morgan fingerprint density at radius 1 is 1.33 bits per heavy atom. The number of ether oxygens (including phenoxy) is 1. The van der Waals surface area contributed by atoms with Crippen LogP contribution in [0.3, 0.4) is 0 Å². The van der Waals surface area contributed by atoms with Crippen LogP contribution in [0.4, 0.5) is 0 Å². The Morgan fingerprint density at radius 2 is 2.00 bits per heavy atom. The lowest BCUT2D eigenvalue weighted by Gasteiger charge is -2.18. The summed E-state index contributed by atoms with van der Waals surface area (Å²) in [6.07, 6.45) is 3.12. The second-order valence-electron chi connectivity index (χ2n) is 5.22. The third-order valence-electron chi connectivity index (χ3n) is 3.42. The van der Waals surface area contributed by atoms with Crippen LogP contribution in [0.1, 0.15) is 33.1 Å². The van der Waals surface area contributed by atoms with Crippen LogP contribution in [0, 0.1) is 11.8 Å². The first-order chi connectivity index (χ1) is 8.44. The minimum absolute atomic E-state index is 0.00168. The van der Waals surface area contributed by atoms with Crippen LogP contribution in [0.15, 0.2) is 0 Å². The molecular formula is C12H25NO4S. The van der Waals surface area contributed by atoms with Gasteiger partial charge < -0.3 is 9.84 Å². The van der Waals surface area contributed by atoms with E-state index < -0.39 is 10.0 Å². The van der Waals surface area contributed by atoms with E-state index in [0.717, 1.165) is 19.3 Å². The smallest absolute Gasteiger partial charge is 0.213 e. The molecule has 1 aliphatic carbocycles. The summed E-state index contributed by atoms with van der Waals surface area (Å²) < 4.78 is 31.3. The molecule has 0 aromatic heterocycles. The molecule has 1 fully saturated rings. The second kappa shape index (κ2) is 7.43. The molecule has 0 aromatic rings. The molecule has 1 saturated carbocycles. The standard InChI is InChI=1S/C12H25NO4S/c1-10(2)17-6-7-18(15,16)13-8-11-4-3-5-12(11)9-14/h10-14H,3-9H2,1-2H3. The van der Waals surface area contributed by atoms with Gasteiger partial charge in [-0.05, 0) is 38.5 Å². The lowest BCUT2D eigenvalue weighted by molar-refractivity contribution is 0.0911.